The summed E-state index contributed by atoms with van der Waals surface area (Å²) >= 11 is 0. The summed E-state index contributed by atoms with van der Waals surface area (Å²) in [5.41, 5.74) is 0. The van der Waals surface area contributed by atoms with E-state index in [9.17, 15) is 4.32 Å². The summed E-state index contributed by atoms with van der Waals surface area (Å²) in [4.78, 5) is 8.48. The summed E-state index contributed by atoms with van der Waals surface area (Å²) in [5.74, 6) is 0. The average molecular weight is 120 g/mol. The monoisotopic (exact) mass is 120 g/mol. The first kappa shape index (κ1) is 7.91. The van der Waals surface area contributed by atoms with Crippen LogP contribution >= 0.6 is 0 Å². The van der Waals surface area contributed by atoms with Gasteiger partial charge >= 0.3 is 7.19 Å². The predicted molar refractivity (Wildman–Crippen MR) is 30.1 cm³/mol. The summed E-state index contributed by atoms with van der Waals surface area (Å²) < 4.78 is 11.7. The van der Waals surface area contributed by atoms with Crippen LogP contribution in [-0.4, -0.2) is 13.8 Å². The third-order valence-electron chi connectivity index (χ3n) is 0.488. The lowest BCUT2D eigenvalue weighted by molar-refractivity contribution is -0.218. The molecule has 0 aromatic heterocycles. The first-order valence-electron chi connectivity index (χ1n) is 2.69. The van der Waals surface area contributed by atoms with E-state index in [-0.39, 0.29) is 0 Å². The Balaban J connectivity index is 2.72. The second-order valence-electron chi connectivity index (χ2n) is 1.46. The van der Waals surface area contributed by atoms with Crippen molar-refractivity contribution in [3.05, 3.63) is 0 Å². The van der Waals surface area contributed by atoms with Gasteiger partial charge in [0, 0.05) is 0 Å². The molecule has 8 heavy (non-hydrogen) atoms. The van der Waals surface area contributed by atoms with Gasteiger partial charge in [0.05, 0.1) is 6.61 Å². The molecular weight excluding hydrogens is 110 g/mol. The number of rotatable bonds is 4. The zero-order valence-corrected chi connectivity index (χ0v) is 5.19. The highest BCUT2D eigenvalue weighted by Gasteiger charge is 2.05. The first-order chi connectivity index (χ1) is 3.77. The third-order valence-corrected chi connectivity index (χ3v) is 0.488. The Morgan fingerprint density at radius 1 is 1.62 bits per heavy atom. The van der Waals surface area contributed by atoms with Crippen LogP contribution in [0.1, 0.15) is 13.3 Å². The van der Waals surface area contributed by atoms with E-state index < -0.39 is 7.19 Å². The van der Waals surface area contributed by atoms with E-state index in [1.54, 1.807) is 0 Å². The second kappa shape index (κ2) is 5.06. The summed E-state index contributed by atoms with van der Waals surface area (Å²) in [7, 11) is -1.32. The lowest BCUT2D eigenvalue weighted by Crippen LogP contribution is -2.07. The Morgan fingerprint density at radius 2 is 2.25 bits per heavy atom. The molecule has 0 saturated heterocycles. The molecule has 0 rings (SSSR count). The van der Waals surface area contributed by atoms with Gasteiger partial charge in [-0.2, -0.15) is 0 Å². The van der Waals surface area contributed by atoms with Crippen LogP contribution in [0.5, 0.6) is 0 Å². The predicted octanol–water partition coefficient (Wildman–Crippen LogP) is 1.43. The van der Waals surface area contributed by atoms with Gasteiger partial charge in [0.2, 0.25) is 0 Å². The largest absolute Gasteiger partial charge is 0.526 e. The first-order valence-corrected chi connectivity index (χ1v) is 2.69. The lowest BCUT2D eigenvalue weighted by Gasteiger charge is -1.98. The molecule has 0 aliphatic carbocycles. The summed E-state index contributed by atoms with van der Waals surface area (Å²) in [6, 6.07) is 0. The second-order valence-corrected chi connectivity index (χ2v) is 1.46. The van der Waals surface area contributed by atoms with Crippen molar-refractivity contribution < 1.29 is 14.0 Å². The SMILES string of the molecule is CCCOOB(C)F. The smallest absolute Gasteiger partial charge is 0.290 e. The van der Waals surface area contributed by atoms with Crippen molar-refractivity contribution >= 4 is 7.19 Å². The molecule has 0 amide bonds. The molecule has 0 bridgehead atoms. The summed E-state index contributed by atoms with van der Waals surface area (Å²) in [5, 5.41) is 0. The minimum atomic E-state index is -1.32. The molecule has 0 aromatic carbocycles. The fourth-order valence-electron chi connectivity index (χ4n) is 0.225. The van der Waals surface area contributed by atoms with E-state index in [1.165, 1.54) is 6.82 Å². The normalized spacial score (nSPS) is 9.38. The van der Waals surface area contributed by atoms with Crippen molar-refractivity contribution in [3.63, 3.8) is 0 Å². The van der Waals surface area contributed by atoms with Crippen molar-refractivity contribution in [2.75, 3.05) is 6.61 Å². The fourth-order valence-corrected chi connectivity index (χ4v) is 0.225. The highest BCUT2D eigenvalue weighted by Crippen LogP contribution is 1.88. The van der Waals surface area contributed by atoms with Crippen LogP contribution in [0, 0.1) is 0 Å². The molecule has 48 valence electrons. The molecule has 4 heteroatoms. The van der Waals surface area contributed by atoms with Crippen molar-refractivity contribution in [2.24, 2.45) is 0 Å². The molecule has 0 aliphatic rings. The number of halogens is 1. The molecule has 0 heterocycles. The van der Waals surface area contributed by atoms with Gasteiger partial charge in [0.1, 0.15) is 0 Å². The number of hydrogen-bond acceptors (Lipinski definition) is 2. The average Bonchev–Trinajstić information content (AvgIpc) is 1.66. The van der Waals surface area contributed by atoms with Crippen molar-refractivity contribution in [3.8, 4) is 0 Å². The van der Waals surface area contributed by atoms with Crippen LogP contribution in [0.2, 0.25) is 6.82 Å². The Hall–Kier alpha value is -0.0851. The van der Waals surface area contributed by atoms with Gasteiger partial charge in [0.15, 0.2) is 0 Å². The van der Waals surface area contributed by atoms with E-state index in [1.807, 2.05) is 6.92 Å². The zero-order valence-electron chi connectivity index (χ0n) is 5.19. The quantitative estimate of drug-likeness (QED) is 0.242. The Kier molecular flexibility index (Phi) is 5.01. The zero-order chi connectivity index (χ0) is 6.41. The van der Waals surface area contributed by atoms with Crippen molar-refractivity contribution in [2.45, 2.75) is 20.2 Å². The van der Waals surface area contributed by atoms with Crippen LogP contribution in [0.3, 0.4) is 0 Å². The minimum Gasteiger partial charge on any atom is -0.290 e. The minimum absolute atomic E-state index is 0.453. The maximum Gasteiger partial charge on any atom is 0.526 e. The van der Waals surface area contributed by atoms with Crippen molar-refractivity contribution in [1.82, 2.24) is 0 Å². The van der Waals surface area contributed by atoms with Crippen LogP contribution in [0.15, 0.2) is 0 Å². The van der Waals surface area contributed by atoms with Gasteiger partial charge in [-0.25, -0.2) is 4.89 Å². The molecule has 0 aromatic rings. The van der Waals surface area contributed by atoms with Crippen LogP contribution < -0.4 is 0 Å². The van der Waals surface area contributed by atoms with E-state index in [0.29, 0.717) is 6.61 Å². The third kappa shape index (κ3) is 5.91. The molecule has 2 nitrogen and oxygen atoms in total. The van der Waals surface area contributed by atoms with E-state index in [0.717, 1.165) is 6.42 Å². The molecule has 0 radical (unpaired) electrons. The van der Waals surface area contributed by atoms with Gasteiger partial charge in [0.25, 0.3) is 0 Å². The Morgan fingerprint density at radius 3 is 2.62 bits per heavy atom. The Labute approximate surface area is 49.1 Å². The molecular formula is C4H10BFO2. The molecule has 0 unspecified atom stereocenters. The van der Waals surface area contributed by atoms with E-state index in [2.05, 4.69) is 9.69 Å². The van der Waals surface area contributed by atoms with E-state index in [4.69, 9.17) is 0 Å². The maximum absolute atomic E-state index is 11.7. The maximum atomic E-state index is 11.7. The molecule has 0 aliphatic heterocycles. The van der Waals surface area contributed by atoms with Crippen LogP contribution in [-0.2, 0) is 9.69 Å². The molecule has 0 fully saturated rings. The Bertz CT molecular complexity index is 51.3. The van der Waals surface area contributed by atoms with Gasteiger partial charge in [-0.1, -0.05) is 6.92 Å². The topological polar surface area (TPSA) is 18.5 Å². The molecule has 0 atom stereocenters. The molecule has 0 N–H and O–H groups in total. The highest BCUT2D eigenvalue weighted by atomic mass is 19.1. The summed E-state index contributed by atoms with van der Waals surface area (Å²) in [6.45, 7) is 3.65. The van der Waals surface area contributed by atoms with Gasteiger partial charge in [-0.3, -0.25) is 9.12 Å². The van der Waals surface area contributed by atoms with Crippen molar-refractivity contribution in [1.29, 1.82) is 0 Å². The fraction of sp³-hybridized carbons (Fsp3) is 1.00. The number of hydrogen-bond donors (Lipinski definition) is 0. The highest BCUT2D eigenvalue weighted by molar-refractivity contribution is 6.41. The van der Waals surface area contributed by atoms with E-state index >= 15 is 0 Å². The van der Waals surface area contributed by atoms with Gasteiger partial charge in [-0.05, 0) is 13.2 Å². The van der Waals surface area contributed by atoms with Gasteiger partial charge < -0.3 is 0 Å². The standard InChI is InChI=1S/C4H10BFO2/c1-3-4-7-8-5(2)6/h3-4H2,1-2H3. The van der Waals surface area contributed by atoms with Gasteiger partial charge in [-0.15, -0.1) is 0 Å². The lowest BCUT2D eigenvalue weighted by atomic mass is 10.0. The van der Waals surface area contributed by atoms with Crippen LogP contribution in [0.25, 0.3) is 0 Å². The summed E-state index contributed by atoms with van der Waals surface area (Å²) in [6.07, 6.45) is 0.840. The molecule has 0 saturated carbocycles. The molecule has 0 spiro atoms. The van der Waals surface area contributed by atoms with Crippen LogP contribution in [0.4, 0.5) is 4.32 Å².